The van der Waals surface area contributed by atoms with E-state index in [1.54, 1.807) is 32.9 Å². The van der Waals surface area contributed by atoms with Crippen molar-refractivity contribution in [1.82, 2.24) is 10.1 Å². The van der Waals surface area contributed by atoms with E-state index >= 15 is 0 Å². The van der Waals surface area contributed by atoms with Gasteiger partial charge in [-0.15, -0.1) is 18.2 Å². The second-order valence-corrected chi connectivity index (χ2v) is 6.22. The molecule has 1 aromatic rings. The van der Waals surface area contributed by atoms with Crippen molar-refractivity contribution in [3.63, 3.8) is 0 Å². The van der Waals surface area contributed by atoms with Gasteiger partial charge in [0.2, 0.25) is 5.88 Å². The van der Waals surface area contributed by atoms with Crippen molar-refractivity contribution < 1.29 is 14.4 Å². The van der Waals surface area contributed by atoms with Crippen molar-refractivity contribution in [3.8, 4) is 0 Å². The standard InChI is InChI=1S/C13H18ClN3O3/c1-5-6-16-8(2)11(18)17(12(16)19)10-7-9(15-20-10)13(3,4)14/h5,7-8,11,18H,1,6H2,2-4H3. The lowest BCUT2D eigenvalue weighted by Gasteiger charge is -2.17. The first-order valence-corrected chi connectivity index (χ1v) is 6.70. The van der Waals surface area contributed by atoms with Crippen molar-refractivity contribution in [2.75, 3.05) is 11.4 Å². The first kappa shape index (κ1) is 14.9. The van der Waals surface area contributed by atoms with Gasteiger partial charge in [0.1, 0.15) is 5.69 Å². The van der Waals surface area contributed by atoms with Crippen LogP contribution in [0.25, 0.3) is 0 Å². The van der Waals surface area contributed by atoms with Gasteiger partial charge < -0.3 is 14.5 Å². The predicted molar refractivity (Wildman–Crippen MR) is 75.6 cm³/mol. The number of aliphatic hydroxyl groups excluding tert-OH is 1. The van der Waals surface area contributed by atoms with Crippen LogP contribution in [0.1, 0.15) is 26.5 Å². The zero-order valence-corrected chi connectivity index (χ0v) is 12.5. The molecule has 2 rings (SSSR count). The van der Waals surface area contributed by atoms with E-state index in [-0.39, 0.29) is 18.0 Å². The molecule has 1 aliphatic heterocycles. The number of alkyl halides is 1. The molecule has 1 fully saturated rings. The van der Waals surface area contributed by atoms with Crippen molar-refractivity contribution in [2.45, 2.75) is 37.9 Å². The summed E-state index contributed by atoms with van der Waals surface area (Å²) in [5.41, 5.74) is 0.504. The second-order valence-electron chi connectivity index (χ2n) is 5.27. The highest BCUT2D eigenvalue weighted by Crippen LogP contribution is 2.33. The summed E-state index contributed by atoms with van der Waals surface area (Å²) in [6, 6.07) is 0.858. The normalized spacial score (nSPS) is 23.6. The average Bonchev–Trinajstić information content (AvgIpc) is 2.90. The molecule has 1 saturated heterocycles. The Kier molecular flexibility index (Phi) is 3.80. The Morgan fingerprint density at radius 2 is 2.30 bits per heavy atom. The van der Waals surface area contributed by atoms with E-state index in [1.165, 1.54) is 9.80 Å². The summed E-state index contributed by atoms with van der Waals surface area (Å²) in [5, 5.41) is 14.0. The number of urea groups is 1. The maximum absolute atomic E-state index is 12.3. The summed E-state index contributed by atoms with van der Waals surface area (Å²) in [5.74, 6) is 0.185. The Labute approximate surface area is 122 Å². The maximum Gasteiger partial charge on any atom is 0.329 e. The summed E-state index contributed by atoms with van der Waals surface area (Å²) < 4.78 is 5.15. The van der Waals surface area contributed by atoms with Crippen molar-refractivity contribution in [3.05, 3.63) is 24.4 Å². The van der Waals surface area contributed by atoms with Crippen LogP contribution in [0.3, 0.4) is 0 Å². The van der Waals surface area contributed by atoms with E-state index < -0.39 is 11.1 Å². The molecule has 0 saturated carbocycles. The van der Waals surface area contributed by atoms with Gasteiger partial charge in [-0.3, -0.25) is 0 Å². The highest BCUT2D eigenvalue weighted by Gasteiger charge is 2.44. The molecule has 0 spiro atoms. The number of carbonyl (C=O) groups excluding carboxylic acids is 1. The molecule has 1 aromatic heterocycles. The van der Waals surface area contributed by atoms with E-state index in [1.807, 2.05) is 0 Å². The minimum atomic E-state index is -0.998. The summed E-state index contributed by atoms with van der Waals surface area (Å²) in [6.07, 6.45) is 0.611. The summed E-state index contributed by atoms with van der Waals surface area (Å²) >= 11 is 6.15. The van der Waals surface area contributed by atoms with Gasteiger partial charge in [-0.1, -0.05) is 11.2 Å². The summed E-state index contributed by atoms with van der Waals surface area (Å²) in [7, 11) is 0. The van der Waals surface area contributed by atoms with Crippen LogP contribution < -0.4 is 4.90 Å². The lowest BCUT2D eigenvalue weighted by molar-refractivity contribution is 0.130. The van der Waals surface area contributed by atoms with Crippen LogP contribution in [0, 0.1) is 0 Å². The van der Waals surface area contributed by atoms with Gasteiger partial charge in [-0.25, -0.2) is 9.69 Å². The Morgan fingerprint density at radius 3 is 2.80 bits per heavy atom. The van der Waals surface area contributed by atoms with Gasteiger partial charge in [0.05, 0.1) is 10.9 Å². The molecule has 0 radical (unpaired) electrons. The number of aromatic nitrogens is 1. The third-order valence-corrected chi connectivity index (χ3v) is 3.50. The number of amides is 2. The van der Waals surface area contributed by atoms with Crippen LogP contribution in [0.15, 0.2) is 23.2 Å². The summed E-state index contributed by atoms with van der Waals surface area (Å²) in [6.45, 7) is 9.26. The first-order chi connectivity index (χ1) is 9.27. The largest absolute Gasteiger partial charge is 0.371 e. The minimum absolute atomic E-state index is 0.185. The first-order valence-electron chi connectivity index (χ1n) is 6.32. The van der Waals surface area contributed by atoms with E-state index in [2.05, 4.69) is 11.7 Å². The number of rotatable bonds is 4. The molecule has 2 amide bonds. The van der Waals surface area contributed by atoms with Crippen LogP contribution in [0.4, 0.5) is 10.7 Å². The van der Waals surface area contributed by atoms with Crippen LogP contribution in [0.2, 0.25) is 0 Å². The highest BCUT2D eigenvalue weighted by molar-refractivity contribution is 6.23. The number of carbonyl (C=O) groups is 1. The Hall–Kier alpha value is -1.53. The number of hydrogen-bond donors (Lipinski definition) is 1. The molecule has 2 unspecified atom stereocenters. The van der Waals surface area contributed by atoms with Gasteiger partial charge in [-0.05, 0) is 20.8 Å². The monoisotopic (exact) mass is 299 g/mol. The molecule has 0 aromatic carbocycles. The fraction of sp³-hybridized carbons (Fsp3) is 0.538. The summed E-state index contributed by atoms with van der Waals surface area (Å²) in [4.78, 5) is 14.3. The second kappa shape index (κ2) is 5.10. The van der Waals surface area contributed by atoms with Crippen LogP contribution in [-0.4, -0.2) is 40.0 Å². The SMILES string of the molecule is C=CCN1C(=O)N(c2cc(C(C)(C)Cl)no2)C(O)C1C. The van der Waals surface area contributed by atoms with Gasteiger partial charge in [0.25, 0.3) is 0 Å². The highest BCUT2D eigenvalue weighted by atomic mass is 35.5. The number of aliphatic hydroxyl groups is 1. The third-order valence-electron chi connectivity index (χ3n) is 3.31. The topological polar surface area (TPSA) is 69.8 Å². The average molecular weight is 300 g/mol. The third kappa shape index (κ3) is 2.41. The van der Waals surface area contributed by atoms with Gasteiger partial charge in [0.15, 0.2) is 6.23 Å². The molecule has 110 valence electrons. The molecule has 2 atom stereocenters. The molecular weight excluding hydrogens is 282 g/mol. The molecule has 0 aliphatic carbocycles. The fourth-order valence-electron chi connectivity index (χ4n) is 2.07. The van der Waals surface area contributed by atoms with Crippen LogP contribution >= 0.6 is 11.6 Å². The van der Waals surface area contributed by atoms with E-state index in [9.17, 15) is 9.90 Å². The molecule has 1 N–H and O–H groups in total. The molecule has 6 nitrogen and oxygen atoms in total. The molecule has 1 aliphatic rings. The van der Waals surface area contributed by atoms with Crippen molar-refractivity contribution in [2.24, 2.45) is 0 Å². The molecular formula is C13H18ClN3O3. The van der Waals surface area contributed by atoms with Gasteiger partial charge in [0, 0.05) is 12.6 Å². The number of nitrogens with zero attached hydrogens (tertiary/aromatic N) is 3. The molecule has 20 heavy (non-hydrogen) atoms. The molecule has 2 heterocycles. The molecule has 0 bridgehead atoms. The molecule has 7 heteroatoms. The van der Waals surface area contributed by atoms with Gasteiger partial charge >= 0.3 is 6.03 Å². The smallest absolute Gasteiger partial charge is 0.329 e. The van der Waals surface area contributed by atoms with Crippen molar-refractivity contribution in [1.29, 1.82) is 0 Å². The minimum Gasteiger partial charge on any atom is -0.371 e. The Bertz CT molecular complexity index is 523. The number of hydrogen-bond acceptors (Lipinski definition) is 4. The zero-order chi connectivity index (χ0) is 15.1. The van der Waals surface area contributed by atoms with Gasteiger partial charge in [-0.2, -0.15) is 0 Å². The zero-order valence-electron chi connectivity index (χ0n) is 11.7. The lowest BCUT2D eigenvalue weighted by atomic mass is 10.1. The Morgan fingerprint density at radius 1 is 1.65 bits per heavy atom. The van der Waals surface area contributed by atoms with Crippen LogP contribution in [0.5, 0.6) is 0 Å². The van der Waals surface area contributed by atoms with E-state index in [0.29, 0.717) is 12.2 Å². The quantitative estimate of drug-likeness (QED) is 0.684. The predicted octanol–water partition coefficient (Wildman–Crippen LogP) is 2.28. The van der Waals surface area contributed by atoms with Crippen LogP contribution in [-0.2, 0) is 4.87 Å². The van der Waals surface area contributed by atoms with E-state index in [0.717, 1.165) is 0 Å². The maximum atomic E-state index is 12.3. The van der Waals surface area contributed by atoms with E-state index in [4.69, 9.17) is 16.1 Å². The lowest BCUT2D eigenvalue weighted by Crippen LogP contribution is -2.35. The number of halogens is 1. The van der Waals surface area contributed by atoms with Crippen molar-refractivity contribution >= 4 is 23.5 Å². The number of anilines is 1. The Balaban J connectivity index is 2.31. The fourth-order valence-corrected chi connectivity index (χ4v) is 2.16.